The third-order valence-electron chi connectivity index (χ3n) is 4.12. The van der Waals surface area contributed by atoms with Gasteiger partial charge in [-0.25, -0.2) is 0 Å². The molecule has 0 N–H and O–H groups in total. The second-order valence-electron chi connectivity index (χ2n) is 5.75. The highest BCUT2D eigenvalue weighted by Crippen LogP contribution is 2.42. The summed E-state index contributed by atoms with van der Waals surface area (Å²) in [6.45, 7) is 5.86. The molecule has 3 nitrogen and oxygen atoms in total. The van der Waals surface area contributed by atoms with E-state index in [-0.39, 0.29) is 12.1 Å². The first-order valence-electron chi connectivity index (χ1n) is 7.09. The zero-order valence-electron chi connectivity index (χ0n) is 12.0. The van der Waals surface area contributed by atoms with Crippen LogP contribution in [0, 0.1) is 0 Å². The van der Waals surface area contributed by atoms with Gasteiger partial charge in [-0.3, -0.25) is 4.90 Å². The lowest BCUT2D eigenvalue weighted by Gasteiger charge is -2.46. The number of rotatable bonds is 1. The van der Waals surface area contributed by atoms with Crippen LogP contribution in [0.1, 0.15) is 31.0 Å². The average molecular weight is 301 g/mol. The first-order valence-corrected chi connectivity index (χ1v) is 7.09. The van der Waals surface area contributed by atoms with Gasteiger partial charge in [-0.2, -0.15) is 13.2 Å². The molecule has 3 rings (SSSR count). The summed E-state index contributed by atoms with van der Waals surface area (Å²) in [5.41, 5.74) is 0.111. The molecule has 0 aliphatic carbocycles. The smallest absolute Gasteiger partial charge is 0.416 e. The summed E-state index contributed by atoms with van der Waals surface area (Å²) >= 11 is 0. The minimum Gasteiger partial charge on any atom is -0.490 e. The van der Waals surface area contributed by atoms with E-state index >= 15 is 0 Å². The van der Waals surface area contributed by atoms with Crippen LogP contribution < -0.4 is 4.74 Å². The molecule has 1 fully saturated rings. The van der Waals surface area contributed by atoms with Crippen molar-refractivity contribution in [2.24, 2.45) is 0 Å². The van der Waals surface area contributed by atoms with Gasteiger partial charge in [-0.05, 0) is 26.0 Å². The Bertz CT molecular complexity index is 530. The minimum absolute atomic E-state index is 0.0372. The Balaban J connectivity index is 2.00. The molecule has 2 heterocycles. The molecule has 6 heteroatoms. The van der Waals surface area contributed by atoms with Crippen LogP contribution in [0.15, 0.2) is 18.2 Å². The number of benzene rings is 1. The van der Waals surface area contributed by atoms with Crippen LogP contribution in [0.3, 0.4) is 0 Å². The Morgan fingerprint density at radius 2 is 2.05 bits per heavy atom. The molecule has 21 heavy (non-hydrogen) atoms. The third-order valence-corrected chi connectivity index (χ3v) is 4.12. The van der Waals surface area contributed by atoms with E-state index in [2.05, 4.69) is 18.7 Å². The summed E-state index contributed by atoms with van der Waals surface area (Å²) < 4.78 is 49.6. The number of nitrogens with zero attached hydrogens (tertiary/aromatic N) is 1. The van der Waals surface area contributed by atoms with E-state index in [1.54, 1.807) is 0 Å². The lowest BCUT2D eigenvalue weighted by molar-refractivity contribution is -0.138. The van der Waals surface area contributed by atoms with Crippen molar-refractivity contribution in [2.45, 2.75) is 38.2 Å². The normalized spacial score (nSPS) is 26.2. The quantitative estimate of drug-likeness (QED) is 0.795. The van der Waals surface area contributed by atoms with Gasteiger partial charge in [0.1, 0.15) is 18.5 Å². The third kappa shape index (κ3) is 2.62. The zero-order valence-corrected chi connectivity index (χ0v) is 12.0. The summed E-state index contributed by atoms with van der Waals surface area (Å²) in [5, 5.41) is 0. The summed E-state index contributed by atoms with van der Waals surface area (Å²) in [6, 6.07) is 4.01. The van der Waals surface area contributed by atoms with Gasteiger partial charge < -0.3 is 9.47 Å². The van der Waals surface area contributed by atoms with Crippen molar-refractivity contribution in [3.05, 3.63) is 29.3 Å². The molecule has 0 saturated carbocycles. The molecule has 0 aromatic heterocycles. The van der Waals surface area contributed by atoms with E-state index in [1.807, 2.05) is 0 Å². The monoisotopic (exact) mass is 301 g/mol. The van der Waals surface area contributed by atoms with E-state index in [1.165, 1.54) is 6.07 Å². The summed E-state index contributed by atoms with van der Waals surface area (Å²) in [6.07, 6.45) is -4.47. The molecule has 0 amide bonds. The molecule has 2 aliphatic rings. The van der Waals surface area contributed by atoms with Gasteiger partial charge in [0.25, 0.3) is 0 Å². The summed E-state index contributed by atoms with van der Waals surface area (Å²) in [5.74, 6) is 0.322. The molecular weight excluding hydrogens is 283 g/mol. The fraction of sp³-hybridized carbons (Fsp3) is 0.600. The van der Waals surface area contributed by atoms with Crippen molar-refractivity contribution in [3.63, 3.8) is 0 Å². The van der Waals surface area contributed by atoms with Crippen molar-refractivity contribution in [2.75, 3.05) is 19.8 Å². The lowest BCUT2D eigenvalue weighted by atomic mass is 9.93. The summed E-state index contributed by atoms with van der Waals surface area (Å²) in [7, 11) is 0. The molecule has 1 saturated heterocycles. The van der Waals surface area contributed by atoms with Crippen molar-refractivity contribution >= 4 is 0 Å². The minimum atomic E-state index is -4.35. The molecule has 0 bridgehead atoms. The van der Waals surface area contributed by atoms with Gasteiger partial charge in [0.05, 0.1) is 18.2 Å². The fourth-order valence-corrected chi connectivity index (χ4v) is 3.10. The highest BCUT2D eigenvalue weighted by Gasteiger charge is 2.41. The standard InChI is InChI=1S/C15H18F3NO2/c1-9(2)19-5-6-20-13-8-21-12-7-10(15(16,17)18)3-4-11(12)14(13)19/h3-4,7,9,13-14H,5-6,8H2,1-2H3. The molecule has 1 aromatic rings. The number of alkyl halides is 3. The van der Waals surface area contributed by atoms with Crippen molar-refractivity contribution in [1.29, 1.82) is 0 Å². The molecular formula is C15H18F3NO2. The van der Waals surface area contributed by atoms with Gasteiger partial charge in [0.2, 0.25) is 0 Å². The van der Waals surface area contributed by atoms with Crippen LogP contribution in [0.2, 0.25) is 0 Å². The first kappa shape index (κ1) is 14.7. The van der Waals surface area contributed by atoms with Crippen LogP contribution >= 0.6 is 0 Å². The van der Waals surface area contributed by atoms with Gasteiger partial charge in [0.15, 0.2) is 0 Å². The second-order valence-corrected chi connectivity index (χ2v) is 5.75. The number of hydrogen-bond donors (Lipinski definition) is 0. The van der Waals surface area contributed by atoms with Gasteiger partial charge in [-0.15, -0.1) is 0 Å². The first-order chi connectivity index (χ1) is 9.88. The van der Waals surface area contributed by atoms with Gasteiger partial charge >= 0.3 is 6.18 Å². The SMILES string of the molecule is CC(C)N1CCOC2COc3cc(C(F)(F)F)ccc3C21. The maximum absolute atomic E-state index is 12.8. The largest absolute Gasteiger partial charge is 0.490 e. The number of ether oxygens (including phenoxy) is 2. The van der Waals surface area contributed by atoms with Crippen LogP contribution in [0.4, 0.5) is 13.2 Å². The fourth-order valence-electron chi connectivity index (χ4n) is 3.10. The predicted octanol–water partition coefficient (Wildman–Crippen LogP) is 3.25. The van der Waals surface area contributed by atoms with Crippen LogP contribution in [0.5, 0.6) is 5.75 Å². The number of halogens is 3. The highest BCUT2D eigenvalue weighted by atomic mass is 19.4. The molecule has 2 atom stereocenters. The molecule has 0 radical (unpaired) electrons. The van der Waals surface area contributed by atoms with E-state index < -0.39 is 11.7 Å². The van der Waals surface area contributed by atoms with Gasteiger partial charge in [-0.1, -0.05) is 6.07 Å². The number of hydrogen-bond acceptors (Lipinski definition) is 3. The Labute approximate surface area is 121 Å². The highest BCUT2D eigenvalue weighted by molar-refractivity contribution is 5.43. The van der Waals surface area contributed by atoms with E-state index in [4.69, 9.17) is 9.47 Å². The van der Waals surface area contributed by atoms with Gasteiger partial charge in [0, 0.05) is 18.2 Å². The van der Waals surface area contributed by atoms with E-state index in [0.29, 0.717) is 25.0 Å². The molecule has 2 aliphatic heterocycles. The van der Waals surface area contributed by atoms with Crippen LogP contribution in [-0.4, -0.2) is 36.8 Å². The molecule has 116 valence electrons. The molecule has 2 unspecified atom stereocenters. The predicted molar refractivity (Wildman–Crippen MR) is 71.3 cm³/mol. The Kier molecular flexibility index (Phi) is 3.61. The molecule has 1 aromatic carbocycles. The maximum Gasteiger partial charge on any atom is 0.416 e. The number of morpholine rings is 1. The second kappa shape index (κ2) is 5.18. The van der Waals surface area contributed by atoms with Crippen molar-refractivity contribution in [1.82, 2.24) is 4.90 Å². The van der Waals surface area contributed by atoms with Crippen molar-refractivity contribution in [3.8, 4) is 5.75 Å². The Morgan fingerprint density at radius 1 is 1.29 bits per heavy atom. The van der Waals surface area contributed by atoms with Crippen LogP contribution in [-0.2, 0) is 10.9 Å². The Morgan fingerprint density at radius 3 is 2.71 bits per heavy atom. The van der Waals surface area contributed by atoms with Crippen LogP contribution in [0.25, 0.3) is 0 Å². The topological polar surface area (TPSA) is 21.7 Å². The zero-order chi connectivity index (χ0) is 15.2. The lowest BCUT2D eigenvalue weighted by Crippen LogP contribution is -2.51. The molecule has 0 spiro atoms. The van der Waals surface area contributed by atoms with E-state index in [9.17, 15) is 13.2 Å². The van der Waals surface area contributed by atoms with Crippen molar-refractivity contribution < 1.29 is 22.6 Å². The number of fused-ring (bicyclic) bond motifs is 3. The summed E-state index contributed by atoms with van der Waals surface area (Å²) in [4.78, 5) is 2.27. The van der Waals surface area contributed by atoms with E-state index in [0.717, 1.165) is 24.2 Å². The maximum atomic E-state index is 12.8. The Hall–Kier alpha value is -1.27. The average Bonchev–Trinajstić information content (AvgIpc) is 2.44.